The molecule has 0 saturated carbocycles. The Morgan fingerprint density at radius 1 is 1.12 bits per heavy atom. The van der Waals surface area contributed by atoms with Crippen LogP contribution >= 0.6 is 0 Å². The Bertz CT molecular complexity index is 1120. The Morgan fingerprint density at radius 2 is 1.88 bits per heavy atom. The molecule has 1 aliphatic heterocycles. The first-order valence-electron chi connectivity index (χ1n) is 11.3. The van der Waals surface area contributed by atoms with E-state index in [4.69, 9.17) is 9.72 Å². The minimum atomic E-state index is -0.186. The van der Waals surface area contributed by atoms with Crippen LogP contribution in [0.4, 0.5) is 5.82 Å². The van der Waals surface area contributed by atoms with Crippen molar-refractivity contribution in [1.29, 1.82) is 0 Å². The van der Waals surface area contributed by atoms with Crippen molar-refractivity contribution < 1.29 is 9.53 Å². The number of nitrogens with zero attached hydrogens (tertiary/aromatic N) is 5. The molecule has 8 nitrogen and oxygen atoms in total. The molecule has 8 heteroatoms. The molecule has 0 atom stereocenters. The Hall–Kier alpha value is -3.55. The van der Waals surface area contributed by atoms with Gasteiger partial charge in [-0.3, -0.25) is 4.79 Å². The van der Waals surface area contributed by atoms with Gasteiger partial charge >= 0.3 is 0 Å². The molecular formula is C25H30N6O2. The number of nitrogens with one attached hydrogen (secondary N) is 1. The molecule has 3 aromatic rings. The molecule has 0 unspecified atom stereocenters. The fraction of sp³-hybridized carbons (Fsp3) is 0.400. The molecule has 0 radical (unpaired) electrons. The molecule has 1 fully saturated rings. The minimum Gasteiger partial charge on any atom is -0.496 e. The molecule has 1 amide bonds. The highest BCUT2D eigenvalue weighted by Crippen LogP contribution is 2.28. The fourth-order valence-corrected chi connectivity index (χ4v) is 4.25. The van der Waals surface area contributed by atoms with E-state index < -0.39 is 0 Å². The van der Waals surface area contributed by atoms with Crippen LogP contribution in [0.1, 0.15) is 57.7 Å². The maximum Gasteiger partial charge on any atom is 0.254 e. The summed E-state index contributed by atoms with van der Waals surface area (Å²) < 4.78 is 5.35. The smallest absolute Gasteiger partial charge is 0.254 e. The van der Waals surface area contributed by atoms with Gasteiger partial charge in [0.25, 0.3) is 5.91 Å². The van der Waals surface area contributed by atoms with Crippen molar-refractivity contribution in [2.75, 3.05) is 25.1 Å². The number of rotatable bonds is 6. The highest BCUT2D eigenvalue weighted by Gasteiger charge is 2.25. The number of benzene rings is 1. The number of para-hydroxylation sites is 1. The summed E-state index contributed by atoms with van der Waals surface area (Å²) in [6.07, 6.45) is 3.54. The van der Waals surface area contributed by atoms with Crippen molar-refractivity contribution in [2.45, 2.75) is 46.1 Å². The first-order chi connectivity index (χ1) is 15.9. The number of hydrogen-bond acceptors (Lipinski definition) is 7. The van der Waals surface area contributed by atoms with Crippen molar-refractivity contribution in [1.82, 2.24) is 25.3 Å². The van der Waals surface area contributed by atoms with Gasteiger partial charge in [-0.25, -0.2) is 19.9 Å². The van der Waals surface area contributed by atoms with Gasteiger partial charge in [-0.1, -0.05) is 18.2 Å². The second-order valence-electron chi connectivity index (χ2n) is 8.40. The van der Waals surface area contributed by atoms with E-state index in [1.54, 1.807) is 13.3 Å². The van der Waals surface area contributed by atoms with Crippen LogP contribution in [0, 0.1) is 20.8 Å². The first kappa shape index (κ1) is 22.6. The summed E-state index contributed by atoms with van der Waals surface area (Å²) in [7, 11) is 1.62. The zero-order valence-corrected chi connectivity index (χ0v) is 19.6. The molecule has 3 heterocycles. The Morgan fingerprint density at radius 3 is 2.58 bits per heavy atom. The Labute approximate surface area is 194 Å². The summed E-state index contributed by atoms with van der Waals surface area (Å²) in [6.45, 7) is 7.95. The predicted octanol–water partition coefficient (Wildman–Crippen LogP) is 3.51. The number of ether oxygens (including phenoxy) is 1. The number of carbonyl (C=O) groups excluding carboxylic acids is 1. The van der Waals surface area contributed by atoms with Crippen LogP contribution in [0.2, 0.25) is 0 Å². The SMILES string of the molecule is COc1ccccc1CNC(=O)c1cnc(C2CCN(c3cc(C)nc(C)n3)CC2)nc1C. The van der Waals surface area contributed by atoms with Crippen LogP contribution in [-0.2, 0) is 6.54 Å². The average Bonchev–Trinajstić information content (AvgIpc) is 2.82. The monoisotopic (exact) mass is 446 g/mol. The number of hydrogen-bond donors (Lipinski definition) is 1. The largest absolute Gasteiger partial charge is 0.496 e. The molecule has 2 aromatic heterocycles. The normalized spacial score (nSPS) is 14.2. The van der Waals surface area contributed by atoms with Crippen molar-refractivity contribution >= 4 is 11.7 Å². The van der Waals surface area contributed by atoms with Crippen LogP contribution in [0.15, 0.2) is 36.5 Å². The van der Waals surface area contributed by atoms with Gasteiger partial charge in [-0.2, -0.15) is 0 Å². The van der Waals surface area contributed by atoms with E-state index in [2.05, 4.69) is 25.2 Å². The number of amides is 1. The van der Waals surface area contributed by atoms with Gasteiger partial charge < -0.3 is 15.0 Å². The zero-order chi connectivity index (χ0) is 23.4. The number of carbonyl (C=O) groups is 1. The highest BCUT2D eigenvalue weighted by atomic mass is 16.5. The lowest BCUT2D eigenvalue weighted by Gasteiger charge is -2.32. The maximum absolute atomic E-state index is 12.7. The summed E-state index contributed by atoms with van der Waals surface area (Å²) in [6, 6.07) is 9.67. The number of aromatic nitrogens is 4. The van der Waals surface area contributed by atoms with Crippen molar-refractivity contribution in [3.05, 3.63) is 70.7 Å². The van der Waals surface area contributed by atoms with Gasteiger partial charge in [0, 0.05) is 49.1 Å². The van der Waals surface area contributed by atoms with E-state index in [1.807, 2.05) is 51.1 Å². The quantitative estimate of drug-likeness (QED) is 0.619. The summed E-state index contributed by atoms with van der Waals surface area (Å²) in [5.41, 5.74) is 3.10. The van der Waals surface area contributed by atoms with Gasteiger partial charge in [0.1, 0.15) is 23.2 Å². The summed E-state index contributed by atoms with van der Waals surface area (Å²) >= 11 is 0. The average molecular weight is 447 g/mol. The lowest BCUT2D eigenvalue weighted by molar-refractivity contribution is 0.0949. The lowest BCUT2D eigenvalue weighted by Crippen LogP contribution is -2.34. The van der Waals surface area contributed by atoms with E-state index in [-0.39, 0.29) is 11.8 Å². The van der Waals surface area contributed by atoms with Crippen LogP contribution < -0.4 is 15.0 Å². The van der Waals surface area contributed by atoms with E-state index in [9.17, 15) is 4.79 Å². The molecule has 1 saturated heterocycles. The van der Waals surface area contributed by atoms with Gasteiger partial charge in [0.2, 0.25) is 0 Å². The topological polar surface area (TPSA) is 93.1 Å². The van der Waals surface area contributed by atoms with Gasteiger partial charge in [0.15, 0.2) is 0 Å². The maximum atomic E-state index is 12.7. The number of anilines is 1. The predicted molar refractivity (Wildman–Crippen MR) is 127 cm³/mol. The first-order valence-corrected chi connectivity index (χ1v) is 11.3. The van der Waals surface area contributed by atoms with E-state index >= 15 is 0 Å². The van der Waals surface area contributed by atoms with Crippen LogP contribution in [0.25, 0.3) is 0 Å². The molecule has 172 valence electrons. The number of methoxy groups -OCH3 is 1. The molecule has 4 rings (SSSR count). The summed E-state index contributed by atoms with van der Waals surface area (Å²) in [5, 5.41) is 2.95. The van der Waals surface area contributed by atoms with E-state index in [1.165, 1.54) is 0 Å². The molecule has 1 N–H and O–H groups in total. The summed E-state index contributed by atoms with van der Waals surface area (Å²) in [5.74, 6) is 3.43. The third-order valence-electron chi connectivity index (χ3n) is 6.01. The number of aryl methyl sites for hydroxylation is 3. The fourth-order valence-electron chi connectivity index (χ4n) is 4.25. The second-order valence-corrected chi connectivity index (χ2v) is 8.40. The molecular weight excluding hydrogens is 416 g/mol. The Kier molecular flexibility index (Phi) is 6.82. The molecule has 0 bridgehead atoms. The van der Waals surface area contributed by atoms with E-state index in [0.29, 0.717) is 17.8 Å². The molecule has 33 heavy (non-hydrogen) atoms. The molecule has 0 spiro atoms. The third-order valence-corrected chi connectivity index (χ3v) is 6.01. The van der Waals surface area contributed by atoms with Gasteiger partial charge in [-0.15, -0.1) is 0 Å². The van der Waals surface area contributed by atoms with Crippen molar-refractivity contribution in [3.8, 4) is 5.75 Å². The van der Waals surface area contributed by atoms with Crippen LogP contribution in [0.3, 0.4) is 0 Å². The lowest BCUT2D eigenvalue weighted by atomic mass is 9.95. The van der Waals surface area contributed by atoms with Gasteiger partial charge in [0.05, 0.1) is 18.4 Å². The third kappa shape index (κ3) is 5.27. The standard InChI is InChI=1S/C25H30N6O2/c1-16-13-23(30-18(3)28-16)31-11-9-19(10-12-31)24-26-15-21(17(2)29-24)25(32)27-14-20-7-5-6-8-22(20)33-4/h5-8,13,15,19H,9-12,14H2,1-4H3,(H,27,32). The summed E-state index contributed by atoms with van der Waals surface area (Å²) in [4.78, 5) is 33.2. The van der Waals surface area contributed by atoms with Crippen molar-refractivity contribution in [2.24, 2.45) is 0 Å². The second kappa shape index (κ2) is 9.94. The highest BCUT2D eigenvalue weighted by molar-refractivity contribution is 5.94. The van der Waals surface area contributed by atoms with Gasteiger partial charge in [-0.05, 0) is 39.7 Å². The number of piperidine rings is 1. The molecule has 0 aliphatic carbocycles. The van der Waals surface area contributed by atoms with Crippen LogP contribution in [0.5, 0.6) is 5.75 Å². The van der Waals surface area contributed by atoms with Crippen molar-refractivity contribution in [3.63, 3.8) is 0 Å². The van der Waals surface area contributed by atoms with E-state index in [0.717, 1.165) is 60.4 Å². The molecule has 1 aromatic carbocycles. The molecule has 1 aliphatic rings. The Balaban J connectivity index is 1.38. The minimum absolute atomic E-state index is 0.186. The van der Waals surface area contributed by atoms with Crippen LogP contribution in [-0.4, -0.2) is 46.0 Å². The zero-order valence-electron chi connectivity index (χ0n) is 19.6.